The summed E-state index contributed by atoms with van der Waals surface area (Å²) in [6.45, 7) is 14.8. The predicted octanol–water partition coefficient (Wildman–Crippen LogP) is 2.56. The molecule has 2 fully saturated rings. The summed E-state index contributed by atoms with van der Waals surface area (Å²) in [6, 6.07) is 9.26. The van der Waals surface area contributed by atoms with Gasteiger partial charge in [-0.1, -0.05) is 26.0 Å². The number of piperazine rings is 1. The number of ether oxygens (including phenoxy) is 1. The van der Waals surface area contributed by atoms with E-state index in [4.69, 9.17) is 9.72 Å². The number of likely N-dealkylation sites (N-methyl/N-ethyl adjacent to an activating group) is 1. The van der Waals surface area contributed by atoms with Gasteiger partial charge in [0.15, 0.2) is 0 Å². The molecule has 0 bridgehead atoms. The molecule has 214 valence electrons. The SMILES string of the molecule is CC1CNCCN1CC(=O)N1CC(C)(C)c2nc(CO)c(Cc3ccc(F)cc3)cc21.CC1COCCN1C. The van der Waals surface area contributed by atoms with E-state index in [1.807, 2.05) is 11.0 Å². The van der Waals surface area contributed by atoms with Gasteiger partial charge in [-0.3, -0.25) is 19.6 Å². The zero-order chi connectivity index (χ0) is 28.2. The van der Waals surface area contributed by atoms with E-state index in [9.17, 15) is 14.3 Å². The van der Waals surface area contributed by atoms with Crippen LogP contribution >= 0.6 is 0 Å². The summed E-state index contributed by atoms with van der Waals surface area (Å²) >= 11 is 0. The highest BCUT2D eigenvalue weighted by molar-refractivity contribution is 5.97. The molecule has 0 saturated carbocycles. The van der Waals surface area contributed by atoms with Crippen molar-refractivity contribution in [1.29, 1.82) is 0 Å². The summed E-state index contributed by atoms with van der Waals surface area (Å²) in [5.41, 5.74) is 3.79. The number of fused-ring (bicyclic) bond motifs is 1. The van der Waals surface area contributed by atoms with Gasteiger partial charge in [-0.2, -0.15) is 0 Å². The summed E-state index contributed by atoms with van der Waals surface area (Å²) in [5.74, 6) is -0.203. The van der Waals surface area contributed by atoms with Crippen molar-refractivity contribution < 1.29 is 19.0 Å². The smallest absolute Gasteiger partial charge is 0.241 e. The van der Waals surface area contributed by atoms with Gasteiger partial charge in [0.2, 0.25) is 5.91 Å². The molecule has 1 aromatic carbocycles. The average molecular weight is 542 g/mol. The zero-order valence-corrected chi connectivity index (χ0v) is 24.0. The Morgan fingerprint density at radius 3 is 2.56 bits per heavy atom. The van der Waals surface area contributed by atoms with Crippen molar-refractivity contribution in [2.24, 2.45) is 0 Å². The lowest BCUT2D eigenvalue weighted by atomic mass is 9.90. The lowest BCUT2D eigenvalue weighted by molar-refractivity contribution is -0.120. The molecule has 8 nitrogen and oxygen atoms in total. The maximum atomic E-state index is 13.3. The Morgan fingerprint density at radius 1 is 1.21 bits per heavy atom. The second-order valence-electron chi connectivity index (χ2n) is 11.7. The first kappa shape index (κ1) is 29.6. The van der Waals surface area contributed by atoms with Gasteiger partial charge >= 0.3 is 0 Å². The van der Waals surface area contributed by atoms with Crippen molar-refractivity contribution in [2.75, 3.05) is 64.4 Å². The highest BCUT2D eigenvalue weighted by Crippen LogP contribution is 2.40. The number of carbonyl (C=O) groups is 1. The number of amides is 1. The van der Waals surface area contributed by atoms with Crippen molar-refractivity contribution in [2.45, 2.75) is 58.2 Å². The molecule has 2 atom stereocenters. The molecule has 0 radical (unpaired) electrons. The number of benzene rings is 1. The third-order valence-corrected chi connectivity index (χ3v) is 8.09. The summed E-state index contributed by atoms with van der Waals surface area (Å²) in [5, 5.41) is 13.3. The summed E-state index contributed by atoms with van der Waals surface area (Å²) < 4.78 is 18.5. The first-order valence-electron chi connectivity index (χ1n) is 14.0. The summed E-state index contributed by atoms with van der Waals surface area (Å²) in [7, 11) is 2.13. The van der Waals surface area contributed by atoms with Crippen molar-refractivity contribution in [3.63, 3.8) is 0 Å². The molecule has 0 aliphatic carbocycles. The predicted molar refractivity (Wildman–Crippen MR) is 152 cm³/mol. The van der Waals surface area contributed by atoms with E-state index < -0.39 is 0 Å². The van der Waals surface area contributed by atoms with Crippen molar-refractivity contribution in [3.8, 4) is 0 Å². The highest BCUT2D eigenvalue weighted by atomic mass is 19.1. The molecule has 2 N–H and O–H groups in total. The monoisotopic (exact) mass is 541 g/mol. The topological polar surface area (TPSA) is 81.2 Å². The first-order chi connectivity index (χ1) is 18.6. The number of nitrogens with zero attached hydrogens (tertiary/aromatic N) is 4. The highest BCUT2D eigenvalue weighted by Gasteiger charge is 2.40. The molecule has 0 spiro atoms. The number of halogens is 1. The van der Waals surface area contributed by atoms with Gasteiger partial charge < -0.3 is 20.1 Å². The minimum Gasteiger partial charge on any atom is -0.390 e. The molecule has 2 aromatic rings. The van der Waals surface area contributed by atoms with Crippen LogP contribution in [0.2, 0.25) is 0 Å². The number of hydrogen-bond donors (Lipinski definition) is 2. The summed E-state index contributed by atoms with van der Waals surface area (Å²) in [6.07, 6.45) is 0.522. The number of carbonyl (C=O) groups excluding carboxylic acids is 1. The molecule has 2 saturated heterocycles. The van der Waals surface area contributed by atoms with Crippen LogP contribution in [0.5, 0.6) is 0 Å². The van der Waals surface area contributed by atoms with Gasteiger partial charge in [0.25, 0.3) is 0 Å². The fourth-order valence-electron chi connectivity index (χ4n) is 5.36. The first-order valence-corrected chi connectivity index (χ1v) is 14.0. The molecule has 2 unspecified atom stereocenters. The van der Waals surface area contributed by atoms with Crippen LogP contribution in [0.4, 0.5) is 10.1 Å². The van der Waals surface area contributed by atoms with Crippen LogP contribution in [0.1, 0.15) is 50.2 Å². The molecule has 39 heavy (non-hydrogen) atoms. The van der Waals surface area contributed by atoms with Crippen LogP contribution in [-0.2, 0) is 28.0 Å². The molecule has 1 amide bonds. The molecule has 3 aliphatic heterocycles. The maximum Gasteiger partial charge on any atom is 0.241 e. The molecule has 9 heteroatoms. The molecular weight excluding hydrogens is 497 g/mol. The number of rotatable bonds is 5. The van der Waals surface area contributed by atoms with Crippen molar-refractivity contribution in [3.05, 3.63) is 58.7 Å². The molecular formula is C30H44FN5O3. The van der Waals surface area contributed by atoms with E-state index in [0.717, 1.165) is 61.9 Å². The Morgan fingerprint density at radius 2 is 1.95 bits per heavy atom. The third kappa shape index (κ3) is 7.21. The van der Waals surface area contributed by atoms with Gasteiger partial charge in [0.1, 0.15) is 5.82 Å². The number of aliphatic hydroxyl groups is 1. The minimum absolute atomic E-state index is 0.0758. The number of morpholine rings is 1. The minimum atomic E-state index is -0.293. The third-order valence-electron chi connectivity index (χ3n) is 8.09. The number of hydrogen-bond acceptors (Lipinski definition) is 7. The second kappa shape index (κ2) is 12.8. The lowest BCUT2D eigenvalue weighted by Gasteiger charge is -2.34. The van der Waals surface area contributed by atoms with Gasteiger partial charge in [-0.15, -0.1) is 0 Å². The number of nitrogens with one attached hydrogen (secondary N) is 1. The van der Waals surface area contributed by atoms with Crippen LogP contribution in [-0.4, -0.2) is 97.4 Å². The maximum absolute atomic E-state index is 13.3. The number of anilines is 1. The fraction of sp³-hybridized carbons (Fsp3) is 0.600. The lowest BCUT2D eigenvalue weighted by Crippen LogP contribution is -2.53. The number of aliphatic hydroxyl groups excluding tert-OH is 1. The molecule has 1 aromatic heterocycles. The summed E-state index contributed by atoms with van der Waals surface area (Å²) in [4.78, 5) is 24.5. The Hall–Kier alpha value is -2.43. The zero-order valence-electron chi connectivity index (χ0n) is 24.0. The van der Waals surface area contributed by atoms with E-state index in [1.165, 1.54) is 12.1 Å². The van der Waals surface area contributed by atoms with Crippen LogP contribution in [0, 0.1) is 5.82 Å². The number of aromatic nitrogens is 1. The van der Waals surface area contributed by atoms with E-state index in [2.05, 4.69) is 49.9 Å². The fourth-order valence-corrected chi connectivity index (χ4v) is 5.36. The molecule has 3 aliphatic rings. The van der Waals surface area contributed by atoms with Crippen LogP contribution in [0.25, 0.3) is 0 Å². The van der Waals surface area contributed by atoms with Crippen LogP contribution in [0.15, 0.2) is 30.3 Å². The quantitative estimate of drug-likeness (QED) is 0.602. The van der Waals surface area contributed by atoms with Gasteiger partial charge in [0.05, 0.1) is 43.4 Å². The van der Waals surface area contributed by atoms with Gasteiger partial charge in [-0.05, 0) is 56.6 Å². The van der Waals surface area contributed by atoms with E-state index in [0.29, 0.717) is 37.3 Å². The Balaban J connectivity index is 0.000000379. The van der Waals surface area contributed by atoms with Gasteiger partial charge in [0, 0.05) is 50.2 Å². The van der Waals surface area contributed by atoms with E-state index >= 15 is 0 Å². The largest absolute Gasteiger partial charge is 0.390 e. The number of pyridine rings is 1. The average Bonchev–Trinajstić information content (AvgIpc) is 3.18. The Labute approximate surface area is 232 Å². The van der Waals surface area contributed by atoms with Crippen LogP contribution in [0.3, 0.4) is 0 Å². The normalized spacial score (nSPS) is 23.2. The molecule has 4 heterocycles. The Kier molecular flexibility index (Phi) is 9.72. The second-order valence-corrected chi connectivity index (χ2v) is 11.7. The Bertz CT molecular complexity index is 1120. The van der Waals surface area contributed by atoms with Gasteiger partial charge in [-0.25, -0.2) is 4.39 Å². The van der Waals surface area contributed by atoms with E-state index in [1.54, 1.807) is 12.1 Å². The van der Waals surface area contributed by atoms with Crippen molar-refractivity contribution >= 4 is 11.6 Å². The molecule has 5 rings (SSSR count). The van der Waals surface area contributed by atoms with Crippen LogP contribution < -0.4 is 10.2 Å². The van der Waals surface area contributed by atoms with E-state index in [-0.39, 0.29) is 23.7 Å². The van der Waals surface area contributed by atoms with Crippen molar-refractivity contribution in [1.82, 2.24) is 20.1 Å². The standard InChI is InChI=1S/C24H31FN4O2.C6H13NO/c1-16-12-26-8-9-28(16)13-22(31)29-15-24(2,3)23-21(29)11-18(20(14-30)27-23)10-17-4-6-19(25)7-5-17;1-6-5-8-4-3-7(6)2/h4-7,11,16,26,30H,8-10,12-15H2,1-3H3;6H,3-5H2,1-2H3.